The van der Waals surface area contributed by atoms with E-state index in [1.165, 1.54) is 0 Å². The summed E-state index contributed by atoms with van der Waals surface area (Å²) in [5.41, 5.74) is 7.57. The molecule has 3 amide bonds. The predicted molar refractivity (Wildman–Crippen MR) is 101 cm³/mol. The van der Waals surface area contributed by atoms with Crippen LogP contribution in [-0.2, 0) is 16.0 Å². The maximum absolute atomic E-state index is 12.6. The number of likely N-dealkylation sites (tertiary alicyclic amines) is 1. The van der Waals surface area contributed by atoms with Gasteiger partial charge in [0.2, 0.25) is 11.8 Å². The van der Waals surface area contributed by atoms with Crippen molar-refractivity contribution >= 4 is 30.1 Å². The van der Waals surface area contributed by atoms with Crippen LogP contribution in [0.4, 0.5) is 0 Å². The van der Waals surface area contributed by atoms with E-state index in [1.54, 1.807) is 0 Å². The molecule has 3 N–H and O–H groups in total. The topological polar surface area (TPSA) is 92.5 Å². The quantitative estimate of drug-likeness (QED) is 0.775. The average Bonchev–Trinajstić information content (AvgIpc) is 2.92. The lowest BCUT2D eigenvalue weighted by molar-refractivity contribution is -0.125. The van der Waals surface area contributed by atoms with Crippen molar-refractivity contribution in [3.8, 4) is 0 Å². The van der Waals surface area contributed by atoms with Crippen LogP contribution in [0.15, 0.2) is 24.3 Å². The molecule has 0 spiro atoms. The first-order valence-electron chi connectivity index (χ1n) is 8.91. The molecule has 2 saturated heterocycles. The van der Waals surface area contributed by atoms with Crippen LogP contribution in [0.3, 0.4) is 0 Å². The van der Waals surface area contributed by atoms with E-state index in [0.29, 0.717) is 17.9 Å². The van der Waals surface area contributed by atoms with Gasteiger partial charge in [-0.1, -0.05) is 12.1 Å². The van der Waals surface area contributed by atoms with Crippen LogP contribution in [0.5, 0.6) is 0 Å². The number of carbonyl (C=O) groups is 3. The first kappa shape index (κ1) is 20.4. The van der Waals surface area contributed by atoms with Crippen LogP contribution in [0.25, 0.3) is 0 Å². The minimum atomic E-state index is -0.300. The summed E-state index contributed by atoms with van der Waals surface area (Å²) in [6.07, 6.45) is 2.67. The number of nitrogens with two attached hydrogens (primary N) is 1. The Morgan fingerprint density at radius 3 is 2.35 bits per heavy atom. The number of rotatable bonds is 4. The van der Waals surface area contributed by atoms with Gasteiger partial charge in [-0.3, -0.25) is 19.7 Å². The second kappa shape index (κ2) is 8.64. The fourth-order valence-corrected chi connectivity index (χ4v) is 3.65. The summed E-state index contributed by atoms with van der Waals surface area (Å²) in [7, 11) is 0. The molecule has 1 aromatic rings. The maximum atomic E-state index is 12.6. The van der Waals surface area contributed by atoms with Crippen molar-refractivity contribution in [2.45, 2.75) is 38.6 Å². The Morgan fingerprint density at radius 2 is 1.85 bits per heavy atom. The molecule has 2 unspecified atom stereocenters. The number of hydrogen-bond donors (Lipinski definition) is 2. The molecule has 2 heterocycles. The van der Waals surface area contributed by atoms with Crippen LogP contribution < -0.4 is 11.1 Å². The van der Waals surface area contributed by atoms with Gasteiger partial charge in [-0.15, -0.1) is 12.4 Å². The van der Waals surface area contributed by atoms with Crippen molar-refractivity contribution in [2.24, 2.45) is 17.6 Å². The van der Waals surface area contributed by atoms with Crippen molar-refractivity contribution in [1.82, 2.24) is 10.2 Å². The molecule has 142 valence electrons. The van der Waals surface area contributed by atoms with Crippen LogP contribution >= 0.6 is 12.4 Å². The lowest BCUT2D eigenvalue weighted by atomic mass is 9.90. The van der Waals surface area contributed by atoms with E-state index in [0.717, 1.165) is 31.5 Å². The number of carbonyl (C=O) groups excluding carboxylic acids is 3. The zero-order valence-corrected chi connectivity index (χ0v) is 15.8. The molecule has 2 fully saturated rings. The van der Waals surface area contributed by atoms with E-state index in [2.05, 4.69) is 5.32 Å². The number of piperidine rings is 1. The Labute approximate surface area is 159 Å². The molecule has 0 aromatic heterocycles. The highest BCUT2D eigenvalue weighted by molar-refractivity contribution is 6.03. The Morgan fingerprint density at radius 1 is 1.23 bits per heavy atom. The van der Waals surface area contributed by atoms with Crippen molar-refractivity contribution < 1.29 is 14.4 Å². The molecule has 2 aliphatic heterocycles. The van der Waals surface area contributed by atoms with Gasteiger partial charge >= 0.3 is 0 Å². The monoisotopic (exact) mass is 379 g/mol. The second-order valence-corrected chi connectivity index (χ2v) is 7.20. The molecule has 26 heavy (non-hydrogen) atoms. The Bertz CT molecular complexity index is 667. The first-order chi connectivity index (χ1) is 11.9. The third-order valence-corrected chi connectivity index (χ3v) is 5.32. The third-order valence-electron chi connectivity index (χ3n) is 5.32. The zero-order chi connectivity index (χ0) is 18.0. The number of nitrogens with zero attached hydrogens (tertiary/aromatic N) is 1. The lowest BCUT2D eigenvalue weighted by Gasteiger charge is -2.33. The van der Waals surface area contributed by atoms with Gasteiger partial charge in [0, 0.05) is 31.1 Å². The summed E-state index contributed by atoms with van der Waals surface area (Å²) in [5.74, 6) is -0.180. The van der Waals surface area contributed by atoms with Gasteiger partial charge in [0.1, 0.15) is 0 Å². The van der Waals surface area contributed by atoms with E-state index in [1.807, 2.05) is 36.1 Å². The van der Waals surface area contributed by atoms with Gasteiger partial charge in [0.05, 0.1) is 5.92 Å². The number of hydrogen-bond acceptors (Lipinski definition) is 4. The Hall–Kier alpha value is -1.92. The lowest BCUT2D eigenvalue weighted by Crippen LogP contribution is -2.42. The minimum Gasteiger partial charge on any atom is -0.339 e. The number of benzene rings is 1. The Kier molecular flexibility index (Phi) is 6.78. The maximum Gasteiger partial charge on any atom is 0.253 e. The van der Waals surface area contributed by atoms with Gasteiger partial charge in [0.15, 0.2) is 0 Å². The molecule has 7 heteroatoms. The normalized spacial score (nSPS) is 21.9. The third kappa shape index (κ3) is 4.62. The van der Waals surface area contributed by atoms with E-state index in [9.17, 15) is 14.4 Å². The molecule has 2 aliphatic rings. The van der Waals surface area contributed by atoms with Gasteiger partial charge in [-0.25, -0.2) is 0 Å². The SMILES string of the molecule is CC(N)C1CCN(C(=O)c2ccc(CC3CC(=O)NC3=O)cc2)CC1.Cl. The average molecular weight is 380 g/mol. The highest BCUT2D eigenvalue weighted by atomic mass is 35.5. The van der Waals surface area contributed by atoms with Gasteiger partial charge < -0.3 is 10.6 Å². The second-order valence-electron chi connectivity index (χ2n) is 7.20. The number of amides is 3. The summed E-state index contributed by atoms with van der Waals surface area (Å²) < 4.78 is 0. The summed E-state index contributed by atoms with van der Waals surface area (Å²) in [6, 6.07) is 7.54. The molecule has 0 bridgehead atoms. The highest BCUT2D eigenvalue weighted by Crippen LogP contribution is 2.22. The van der Waals surface area contributed by atoms with Gasteiger partial charge in [0.25, 0.3) is 5.91 Å². The molecule has 2 atom stereocenters. The van der Waals surface area contributed by atoms with Crippen molar-refractivity contribution in [1.29, 1.82) is 0 Å². The molecular formula is C19H26ClN3O3. The predicted octanol–water partition coefficient (Wildman–Crippen LogP) is 1.51. The smallest absolute Gasteiger partial charge is 0.253 e. The molecule has 6 nitrogen and oxygen atoms in total. The van der Waals surface area contributed by atoms with E-state index in [4.69, 9.17) is 5.73 Å². The summed E-state index contributed by atoms with van der Waals surface area (Å²) >= 11 is 0. The molecular weight excluding hydrogens is 354 g/mol. The van der Waals surface area contributed by atoms with Crippen molar-refractivity contribution in [3.05, 3.63) is 35.4 Å². The molecule has 1 aromatic carbocycles. The van der Waals surface area contributed by atoms with E-state index in [-0.39, 0.29) is 48.5 Å². The largest absolute Gasteiger partial charge is 0.339 e. The van der Waals surface area contributed by atoms with Crippen LogP contribution in [0.1, 0.15) is 42.1 Å². The minimum absolute atomic E-state index is 0. The molecule has 0 radical (unpaired) electrons. The standard InChI is InChI=1S/C19H25N3O3.ClH/c1-12(20)14-6-8-22(9-7-14)19(25)15-4-2-13(3-5-15)10-16-11-17(23)21-18(16)24;/h2-5,12,14,16H,6-11,20H2,1H3,(H,21,23,24);1H. The molecule has 0 aliphatic carbocycles. The summed E-state index contributed by atoms with van der Waals surface area (Å²) in [4.78, 5) is 37.4. The van der Waals surface area contributed by atoms with E-state index < -0.39 is 0 Å². The molecule has 0 saturated carbocycles. The number of imide groups is 1. The van der Waals surface area contributed by atoms with Gasteiger partial charge in [-0.05, 0) is 49.8 Å². The number of nitrogens with one attached hydrogen (secondary N) is 1. The van der Waals surface area contributed by atoms with Crippen molar-refractivity contribution in [3.63, 3.8) is 0 Å². The van der Waals surface area contributed by atoms with Crippen LogP contribution in [0, 0.1) is 11.8 Å². The van der Waals surface area contributed by atoms with E-state index >= 15 is 0 Å². The van der Waals surface area contributed by atoms with Crippen molar-refractivity contribution in [2.75, 3.05) is 13.1 Å². The first-order valence-corrected chi connectivity index (χ1v) is 8.91. The van der Waals surface area contributed by atoms with Crippen LogP contribution in [-0.4, -0.2) is 41.8 Å². The molecule has 3 rings (SSSR count). The fourth-order valence-electron chi connectivity index (χ4n) is 3.65. The summed E-state index contributed by atoms with van der Waals surface area (Å²) in [5, 5.41) is 2.32. The van der Waals surface area contributed by atoms with Crippen LogP contribution in [0.2, 0.25) is 0 Å². The zero-order valence-electron chi connectivity index (χ0n) is 14.9. The highest BCUT2D eigenvalue weighted by Gasteiger charge is 2.30. The fraction of sp³-hybridized carbons (Fsp3) is 0.526. The Balaban J connectivity index is 0.00000243. The summed E-state index contributed by atoms with van der Waals surface area (Å²) in [6.45, 7) is 3.52. The van der Waals surface area contributed by atoms with Gasteiger partial charge in [-0.2, -0.15) is 0 Å². The number of halogens is 1.